The predicted molar refractivity (Wildman–Crippen MR) is 72.1 cm³/mol. The molecule has 1 saturated heterocycles. The maximum atomic E-state index is 3.84. The fourth-order valence-corrected chi connectivity index (χ4v) is 3.43. The van der Waals surface area contributed by atoms with E-state index in [9.17, 15) is 0 Å². The maximum Gasteiger partial charge on any atom is 0.0308 e. The molecule has 0 aromatic heterocycles. The summed E-state index contributed by atoms with van der Waals surface area (Å²) < 4.78 is 0. The predicted octanol–water partition coefficient (Wildman–Crippen LogP) is 2.64. The van der Waals surface area contributed by atoms with Gasteiger partial charge in [0.15, 0.2) is 0 Å². The molecular formula is C15H28N2. The molecule has 98 valence electrons. The van der Waals surface area contributed by atoms with Crippen molar-refractivity contribution in [3.8, 4) is 0 Å². The Kier molecular flexibility index (Phi) is 3.20. The van der Waals surface area contributed by atoms with Crippen molar-refractivity contribution >= 4 is 0 Å². The highest BCUT2D eigenvalue weighted by Gasteiger charge is 2.43. The second-order valence-electron chi connectivity index (χ2n) is 6.96. The van der Waals surface area contributed by atoms with Crippen LogP contribution in [0.4, 0.5) is 0 Å². The van der Waals surface area contributed by atoms with Crippen molar-refractivity contribution in [2.75, 3.05) is 19.6 Å². The van der Waals surface area contributed by atoms with E-state index in [2.05, 4.69) is 24.1 Å². The summed E-state index contributed by atoms with van der Waals surface area (Å²) in [6.07, 6.45) is 8.68. The van der Waals surface area contributed by atoms with Crippen molar-refractivity contribution in [3.63, 3.8) is 0 Å². The van der Waals surface area contributed by atoms with Gasteiger partial charge >= 0.3 is 0 Å². The van der Waals surface area contributed by atoms with E-state index in [1.807, 2.05) is 0 Å². The average Bonchev–Trinajstić information content (AvgIpc) is 3.16. The van der Waals surface area contributed by atoms with Gasteiger partial charge in [0, 0.05) is 18.1 Å². The molecule has 0 bridgehead atoms. The van der Waals surface area contributed by atoms with Gasteiger partial charge in [0.05, 0.1) is 0 Å². The monoisotopic (exact) mass is 236 g/mol. The van der Waals surface area contributed by atoms with Crippen molar-refractivity contribution < 1.29 is 0 Å². The molecule has 2 aliphatic carbocycles. The highest BCUT2D eigenvalue weighted by Crippen LogP contribution is 2.41. The first-order chi connectivity index (χ1) is 8.17. The highest BCUT2D eigenvalue weighted by molar-refractivity contribution is 5.02. The molecule has 1 aliphatic heterocycles. The lowest BCUT2D eigenvalue weighted by Gasteiger charge is -2.36. The smallest absolute Gasteiger partial charge is 0.0308 e. The molecule has 0 spiro atoms. The van der Waals surface area contributed by atoms with Gasteiger partial charge in [-0.15, -0.1) is 0 Å². The molecule has 2 nitrogen and oxygen atoms in total. The van der Waals surface area contributed by atoms with Gasteiger partial charge in [-0.05, 0) is 64.5 Å². The second-order valence-corrected chi connectivity index (χ2v) is 6.96. The second kappa shape index (κ2) is 4.55. The van der Waals surface area contributed by atoms with Crippen LogP contribution in [0.15, 0.2) is 0 Å². The van der Waals surface area contributed by atoms with Crippen LogP contribution < -0.4 is 5.32 Å². The van der Waals surface area contributed by atoms with Crippen LogP contribution in [-0.2, 0) is 0 Å². The van der Waals surface area contributed by atoms with E-state index < -0.39 is 0 Å². The van der Waals surface area contributed by atoms with Gasteiger partial charge in [0.1, 0.15) is 0 Å². The van der Waals surface area contributed by atoms with Gasteiger partial charge in [-0.25, -0.2) is 0 Å². The van der Waals surface area contributed by atoms with Crippen LogP contribution in [0.1, 0.15) is 52.4 Å². The largest absolute Gasteiger partial charge is 0.310 e. The molecule has 2 unspecified atom stereocenters. The third kappa shape index (κ3) is 2.85. The summed E-state index contributed by atoms with van der Waals surface area (Å²) in [6, 6.07) is 0.779. The molecule has 0 aromatic carbocycles. The SMILES string of the molecule is CC1CCNC(C)(C2CC2)CN1CCC1CC1. The van der Waals surface area contributed by atoms with E-state index in [0.717, 1.165) is 17.9 Å². The lowest BCUT2D eigenvalue weighted by atomic mass is 9.95. The Morgan fingerprint density at radius 2 is 1.94 bits per heavy atom. The molecule has 0 radical (unpaired) electrons. The molecule has 1 heterocycles. The number of nitrogens with one attached hydrogen (secondary N) is 1. The first-order valence-electron chi connectivity index (χ1n) is 7.66. The standard InChI is InChI=1S/C15H28N2/c1-12-7-9-16-15(2,14-5-6-14)11-17(12)10-8-13-3-4-13/h12-14,16H,3-11H2,1-2H3. The van der Waals surface area contributed by atoms with E-state index in [4.69, 9.17) is 0 Å². The van der Waals surface area contributed by atoms with Crippen molar-refractivity contribution in [2.45, 2.75) is 64.0 Å². The van der Waals surface area contributed by atoms with Gasteiger partial charge in [0.25, 0.3) is 0 Å². The number of rotatable bonds is 4. The summed E-state index contributed by atoms with van der Waals surface area (Å²) in [5.74, 6) is 2.03. The maximum absolute atomic E-state index is 3.84. The summed E-state index contributed by atoms with van der Waals surface area (Å²) in [7, 11) is 0. The number of hydrogen-bond donors (Lipinski definition) is 1. The van der Waals surface area contributed by atoms with Crippen LogP contribution in [0.2, 0.25) is 0 Å². The van der Waals surface area contributed by atoms with Crippen molar-refractivity contribution in [1.29, 1.82) is 0 Å². The Balaban J connectivity index is 1.61. The number of hydrogen-bond acceptors (Lipinski definition) is 2. The summed E-state index contributed by atoms with van der Waals surface area (Å²) in [5, 5.41) is 3.84. The van der Waals surface area contributed by atoms with E-state index in [1.165, 1.54) is 58.2 Å². The van der Waals surface area contributed by atoms with Crippen LogP contribution in [0.25, 0.3) is 0 Å². The summed E-state index contributed by atoms with van der Waals surface area (Å²) >= 11 is 0. The zero-order valence-corrected chi connectivity index (χ0v) is 11.5. The normalized spacial score (nSPS) is 40.2. The molecule has 1 N–H and O–H groups in total. The fraction of sp³-hybridized carbons (Fsp3) is 1.00. The molecule has 2 atom stereocenters. The minimum atomic E-state index is 0.411. The minimum absolute atomic E-state index is 0.411. The van der Waals surface area contributed by atoms with Gasteiger partial charge in [-0.2, -0.15) is 0 Å². The molecule has 0 amide bonds. The first-order valence-corrected chi connectivity index (χ1v) is 7.66. The Morgan fingerprint density at radius 3 is 2.59 bits per heavy atom. The van der Waals surface area contributed by atoms with Crippen LogP contribution in [0.5, 0.6) is 0 Å². The van der Waals surface area contributed by atoms with Gasteiger partial charge in [-0.3, -0.25) is 4.90 Å². The van der Waals surface area contributed by atoms with Crippen molar-refractivity contribution in [3.05, 3.63) is 0 Å². The van der Waals surface area contributed by atoms with E-state index >= 15 is 0 Å². The lowest BCUT2D eigenvalue weighted by Crippen LogP contribution is -2.51. The topological polar surface area (TPSA) is 15.3 Å². The zero-order chi connectivity index (χ0) is 11.9. The molecule has 3 fully saturated rings. The third-order valence-electron chi connectivity index (χ3n) is 5.25. The average molecular weight is 236 g/mol. The Bertz CT molecular complexity index is 270. The summed E-state index contributed by atoms with van der Waals surface area (Å²) in [6.45, 7) is 8.73. The van der Waals surface area contributed by atoms with E-state index in [1.54, 1.807) is 0 Å². The molecule has 3 rings (SSSR count). The minimum Gasteiger partial charge on any atom is -0.310 e. The van der Waals surface area contributed by atoms with Crippen LogP contribution in [0.3, 0.4) is 0 Å². The first kappa shape index (κ1) is 12.0. The Morgan fingerprint density at radius 1 is 1.18 bits per heavy atom. The van der Waals surface area contributed by atoms with Crippen LogP contribution in [0, 0.1) is 11.8 Å². The Labute approximate surface area is 106 Å². The summed E-state index contributed by atoms with van der Waals surface area (Å²) in [4.78, 5) is 2.77. The molecule has 2 heteroatoms. The Hall–Kier alpha value is -0.0800. The molecule has 2 saturated carbocycles. The summed E-state index contributed by atoms with van der Waals surface area (Å²) in [5.41, 5.74) is 0.411. The van der Waals surface area contributed by atoms with Crippen molar-refractivity contribution in [1.82, 2.24) is 10.2 Å². The van der Waals surface area contributed by atoms with Crippen molar-refractivity contribution in [2.24, 2.45) is 11.8 Å². The van der Waals surface area contributed by atoms with Crippen LogP contribution in [-0.4, -0.2) is 36.1 Å². The van der Waals surface area contributed by atoms with Gasteiger partial charge in [0.2, 0.25) is 0 Å². The molecule has 3 aliphatic rings. The number of nitrogens with zero attached hydrogens (tertiary/aromatic N) is 1. The molecular weight excluding hydrogens is 208 g/mol. The van der Waals surface area contributed by atoms with Crippen LogP contribution >= 0.6 is 0 Å². The zero-order valence-electron chi connectivity index (χ0n) is 11.5. The fourth-order valence-electron chi connectivity index (χ4n) is 3.43. The van der Waals surface area contributed by atoms with Gasteiger partial charge < -0.3 is 5.32 Å². The van der Waals surface area contributed by atoms with E-state index in [-0.39, 0.29) is 0 Å². The highest BCUT2D eigenvalue weighted by atomic mass is 15.2. The molecule has 0 aromatic rings. The third-order valence-corrected chi connectivity index (χ3v) is 5.25. The quantitative estimate of drug-likeness (QED) is 0.807. The van der Waals surface area contributed by atoms with E-state index in [0.29, 0.717) is 5.54 Å². The molecule has 17 heavy (non-hydrogen) atoms. The van der Waals surface area contributed by atoms with Gasteiger partial charge in [-0.1, -0.05) is 12.8 Å². The lowest BCUT2D eigenvalue weighted by molar-refractivity contribution is 0.158.